The molecule has 0 aliphatic heterocycles. The van der Waals surface area contributed by atoms with Crippen LogP contribution in [0, 0.1) is 27.7 Å². The lowest BCUT2D eigenvalue weighted by Crippen LogP contribution is -2.15. The van der Waals surface area contributed by atoms with Crippen LogP contribution in [0.4, 0.5) is 0 Å². The molecule has 3 aromatic rings. The molecule has 27 heavy (non-hydrogen) atoms. The number of aromatic amines is 1. The van der Waals surface area contributed by atoms with E-state index in [4.69, 9.17) is 4.74 Å². The first kappa shape index (κ1) is 19.0. The summed E-state index contributed by atoms with van der Waals surface area (Å²) in [6.45, 7) is 9.61. The van der Waals surface area contributed by atoms with Gasteiger partial charge < -0.3 is 14.3 Å². The van der Waals surface area contributed by atoms with E-state index in [9.17, 15) is 14.4 Å². The Balaban J connectivity index is 1.81. The van der Waals surface area contributed by atoms with Gasteiger partial charge >= 0.3 is 5.97 Å². The number of esters is 1. The Hall–Kier alpha value is -2.74. The van der Waals surface area contributed by atoms with E-state index in [-0.39, 0.29) is 17.9 Å². The summed E-state index contributed by atoms with van der Waals surface area (Å²) in [5, 5.41) is 0.385. The van der Waals surface area contributed by atoms with E-state index in [0.29, 0.717) is 32.0 Å². The number of carbonyl (C=O) groups is 2. The summed E-state index contributed by atoms with van der Waals surface area (Å²) in [6.07, 6.45) is 0. The summed E-state index contributed by atoms with van der Waals surface area (Å²) in [4.78, 5) is 44.7. The van der Waals surface area contributed by atoms with E-state index in [1.54, 1.807) is 13.8 Å². The number of aryl methyl sites for hydroxylation is 3. The second-order valence-corrected chi connectivity index (χ2v) is 7.42. The number of hydrogen-bond acceptors (Lipinski definition) is 6. The number of rotatable bonds is 5. The zero-order valence-corrected chi connectivity index (χ0v) is 16.7. The van der Waals surface area contributed by atoms with Crippen LogP contribution in [-0.2, 0) is 11.3 Å². The molecule has 0 saturated heterocycles. The zero-order chi connectivity index (χ0) is 19.9. The summed E-state index contributed by atoms with van der Waals surface area (Å²) >= 11 is 1.10. The predicted octanol–water partition coefficient (Wildman–Crippen LogP) is 3.08. The number of hydrogen-bond donors (Lipinski definition) is 1. The number of carbonyl (C=O) groups excluding carboxylic acids is 2. The van der Waals surface area contributed by atoms with E-state index >= 15 is 0 Å². The summed E-state index contributed by atoms with van der Waals surface area (Å²) in [6, 6.07) is 1.81. The molecule has 8 heteroatoms. The summed E-state index contributed by atoms with van der Waals surface area (Å²) in [7, 11) is 0. The molecule has 7 nitrogen and oxygen atoms in total. The third-order valence-electron chi connectivity index (χ3n) is 4.63. The van der Waals surface area contributed by atoms with E-state index in [0.717, 1.165) is 29.3 Å². The van der Waals surface area contributed by atoms with Gasteiger partial charge in [0.15, 0.2) is 6.61 Å². The first-order valence-corrected chi connectivity index (χ1v) is 9.43. The first-order chi connectivity index (χ1) is 12.7. The van der Waals surface area contributed by atoms with Crippen LogP contribution in [0.2, 0.25) is 0 Å². The van der Waals surface area contributed by atoms with Crippen molar-refractivity contribution >= 4 is 33.3 Å². The van der Waals surface area contributed by atoms with Gasteiger partial charge in [0, 0.05) is 23.5 Å². The minimum Gasteiger partial charge on any atom is -0.453 e. The lowest BCUT2D eigenvalue weighted by atomic mass is 10.1. The summed E-state index contributed by atoms with van der Waals surface area (Å²) in [5.41, 5.74) is 2.65. The molecule has 3 rings (SSSR count). The normalized spacial score (nSPS) is 11.1. The van der Waals surface area contributed by atoms with Crippen molar-refractivity contribution in [1.29, 1.82) is 0 Å². The molecule has 0 atom stereocenters. The van der Waals surface area contributed by atoms with Crippen LogP contribution in [0.25, 0.3) is 10.2 Å². The summed E-state index contributed by atoms with van der Waals surface area (Å²) in [5.74, 6) is -0.387. The van der Waals surface area contributed by atoms with Gasteiger partial charge in [-0.1, -0.05) is 0 Å². The molecular weight excluding hydrogens is 366 g/mol. The van der Waals surface area contributed by atoms with Gasteiger partial charge in [-0.3, -0.25) is 9.59 Å². The maximum absolute atomic E-state index is 12.5. The maximum Gasteiger partial charge on any atom is 0.349 e. The van der Waals surface area contributed by atoms with Crippen LogP contribution in [0.1, 0.15) is 49.7 Å². The molecule has 3 heterocycles. The van der Waals surface area contributed by atoms with Gasteiger partial charge in [-0.25, -0.2) is 9.78 Å². The highest BCUT2D eigenvalue weighted by Crippen LogP contribution is 2.27. The third-order valence-corrected chi connectivity index (χ3v) is 5.79. The molecule has 1 N–H and O–H groups in total. The number of fused-ring (bicyclic) bond motifs is 1. The Labute approximate surface area is 160 Å². The molecule has 3 aromatic heterocycles. The second-order valence-electron chi connectivity index (χ2n) is 6.42. The average Bonchev–Trinajstić information content (AvgIpc) is 3.08. The van der Waals surface area contributed by atoms with Gasteiger partial charge in [0.25, 0.3) is 5.56 Å². The molecule has 142 valence electrons. The highest BCUT2D eigenvalue weighted by molar-refractivity contribution is 7.20. The molecule has 0 spiro atoms. The molecule has 0 aliphatic rings. The number of thiophene rings is 1. The molecule has 0 amide bonds. The van der Waals surface area contributed by atoms with Crippen molar-refractivity contribution in [2.45, 2.75) is 41.2 Å². The molecule has 0 aromatic carbocycles. The predicted molar refractivity (Wildman–Crippen MR) is 104 cm³/mol. The highest BCUT2D eigenvalue weighted by atomic mass is 32.1. The van der Waals surface area contributed by atoms with Gasteiger partial charge in [0.05, 0.1) is 5.39 Å². The molecule has 0 bridgehead atoms. The Morgan fingerprint density at radius 2 is 1.96 bits per heavy atom. The minimum atomic E-state index is -0.620. The van der Waals surface area contributed by atoms with Crippen molar-refractivity contribution in [2.24, 2.45) is 0 Å². The number of Topliss-reactive ketones (excluding diaryl/α,β-unsaturated/α-hetero) is 1. The van der Waals surface area contributed by atoms with E-state index in [2.05, 4.69) is 9.97 Å². The SMILES string of the molecule is CCn1c(C)cc(C(=O)COC(=O)c2sc3nc(C)[nH]c(=O)c3c2C)c1C. The summed E-state index contributed by atoms with van der Waals surface area (Å²) < 4.78 is 7.27. The van der Waals surface area contributed by atoms with Crippen molar-refractivity contribution in [3.63, 3.8) is 0 Å². The van der Waals surface area contributed by atoms with E-state index in [1.165, 1.54) is 0 Å². The van der Waals surface area contributed by atoms with Crippen LogP contribution >= 0.6 is 11.3 Å². The Morgan fingerprint density at radius 1 is 1.26 bits per heavy atom. The maximum atomic E-state index is 12.5. The lowest BCUT2D eigenvalue weighted by Gasteiger charge is -2.06. The molecule has 0 fully saturated rings. The van der Waals surface area contributed by atoms with Crippen molar-refractivity contribution in [3.05, 3.63) is 49.6 Å². The van der Waals surface area contributed by atoms with Crippen molar-refractivity contribution < 1.29 is 14.3 Å². The van der Waals surface area contributed by atoms with Crippen LogP contribution in [0.3, 0.4) is 0 Å². The second kappa shape index (κ2) is 7.11. The van der Waals surface area contributed by atoms with Gasteiger partial charge in [0.2, 0.25) is 5.78 Å². The fourth-order valence-electron chi connectivity index (χ4n) is 3.29. The standard InChI is InChI=1S/C19H21N3O4S/c1-6-22-9(2)7-13(11(22)4)14(23)8-26-19(25)16-10(3)15-17(24)20-12(5)21-18(15)27-16/h7H,6,8H2,1-5H3,(H,20,21,24). The topological polar surface area (TPSA) is 94.0 Å². The number of aromatic nitrogens is 3. The largest absolute Gasteiger partial charge is 0.453 e. The fraction of sp³-hybridized carbons (Fsp3) is 0.368. The molecule has 0 saturated carbocycles. The lowest BCUT2D eigenvalue weighted by molar-refractivity contribution is 0.0479. The zero-order valence-electron chi connectivity index (χ0n) is 15.9. The number of nitrogens with one attached hydrogen (secondary N) is 1. The van der Waals surface area contributed by atoms with Crippen LogP contribution in [0.15, 0.2) is 10.9 Å². The van der Waals surface area contributed by atoms with Crippen LogP contribution in [-0.4, -0.2) is 32.9 Å². The van der Waals surface area contributed by atoms with Gasteiger partial charge in [-0.05, 0) is 46.2 Å². The number of ketones is 1. The van der Waals surface area contributed by atoms with E-state index < -0.39 is 5.97 Å². The Morgan fingerprint density at radius 3 is 2.59 bits per heavy atom. The van der Waals surface area contributed by atoms with E-state index in [1.807, 2.05) is 31.4 Å². The molecule has 0 unspecified atom stereocenters. The van der Waals surface area contributed by atoms with Gasteiger partial charge in [-0.15, -0.1) is 11.3 Å². The first-order valence-electron chi connectivity index (χ1n) is 8.61. The van der Waals surface area contributed by atoms with Crippen molar-refractivity contribution in [1.82, 2.24) is 14.5 Å². The minimum absolute atomic E-state index is 0.248. The number of nitrogens with zero attached hydrogens (tertiary/aromatic N) is 2. The van der Waals surface area contributed by atoms with Crippen molar-refractivity contribution in [3.8, 4) is 0 Å². The van der Waals surface area contributed by atoms with Crippen LogP contribution in [0.5, 0.6) is 0 Å². The van der Waals surface area contributed by atoms with Gasteiger partial charge in [-0.2, -0.15) is 0 Å². The Bertz CT molecular complexity index is 1120. The average molecular weight is 387 g/mol. The smallest absolute Gasteiger partial charge is 0.349 e. The van der Waals surface area contributed by atoms with Crippen LogP contribution < -0.4 is 5.56 Å². The monoisotopic (exact) mass is 387 g/mol. The molecule has 0 aliphatic carbocycles. The molecule has 0 radical (unpaired) electrons. The highest BCUT2D eigenvalue weighted by Gasteiger charge is 2.22. The third kappa shape index (κ3) is 3.32. The number of ether oxygens (including phenoxy) is 1. The quantitative estimate of drug-likeness (QED) is 0.536. The Kier molecular flexibility index (Phi) is 5.01. The number of H-pyrrole nitrogens is 1. The molecular formula is C19H21N3O4S. The van der Waals surface area contributed by atoms with Crippen molar-refractivity contribution in [2.75, 3.05) is 6.61 Å². The van der Waals surface area contributed by atoms with Gasteiger partial charge in [0.1, 0.15) is 15.5 Å². The fourth-order valence-corrected chi connectivity index (χ4v) is 4.41.